The molecule has 2 bridgehead atoms. The van der Waals surface area contributed by atoms with Gasteiger partial charge in [0, 0.05) is 10.7 Å². The summed E-state index contributed by atoms with van der Waals surface area (Å²) in [5.74, 6) is 1.57. The summed E-state index contributed by atoms with van der Waals surface area (Å²) >= 11 is 5.93. The van der Waals surface area contributed by atoms with Crippen LogP contribution in [0, 0.1) is 11.8 Å². The number of benzene rings is 1. The molecule has 20 heavy (non-hydrogen) atoms. The van der Waals surface area contributed by atoms with Crippen molar-refractivity contribution in [3.05, 3.63) is 28.8 Å². The first-order valence-corrected chi connectivity index (χ1v) is 7.25. The number of carbonyl (C=O) groups excluding carboxylic acids is 1. The van der Waals surface area contributed by atoms with E-state index in [1.54, 1.807) is 18.2 Å². The molecule has 5 heteroatoms. The molecule has 0 radical (unpaired) electrons. The summed E-state index contributed by atoms with van der Waals surface area (Å²) in [6.07, 6.45) is 4.77. The van der Waals surface area contributed by atoms with Gasteiger partial charge in [-0.2, -0.15) is 5.10 Å². The van der Waals surface area contributed by atoms with E-state index < -0.39 is 0 Å². The van der Waals surface area contributed by atoms with Gasteiger partial charge in [-0.1, -0.05) is 11.6 Å². The Bertz CT molecular complexity index is 571. The number of ether oxygens (including phenoxy) is 1. The second kappa shape index (κ2) is 5.44. The van der Waals surface area contributed by atoms with Crippen LogP contribution in [-0.2, 0) is 0 Å². The van der Waals surface area contributed by atoms with Crippen LogP contribution in [0.25, 0.3) is 0 Å². The Morgan fingerprint density at radius 3 is 2.95 bits per heavy atom. The van der Waals surface area contributed by atoms with Gasteiger partial charge in [0.05, 0.1) is 12.7 Å². The van der Waals surface area contributed by atoms with Crippen LogP contribution < -0.4 is 10.2 Å². The van der Waals surface area contributed by atoms with Crippen LogP contribution in [0.5, 0.6) is 5.75 Å². The molecule has 1 aromatic rings. The van der Waals surface area contributed by atoms with Crippen molar-refractivity contribution in [3.63, 3.8) is 0 Å². The number of rotatable bonds is 3. The van der Waals surface area contributed by atoms with Crippen molar-refractivity contribution in [2.45, 2.75) is 25.7 Å². The lowest BCUT2D eigenvalue weighted by molar-refractivity contribution is 0.0951. The number of carbonyl (C=O) groups is 1. The molecule has 0 saturated heterocycles. The van der Waals surface area contributed by atoms with Crippen LogP contribution in [0.1, 0.15) is 36.0 Å². The third-order valence-electron chi connectivity index (χ3n) is 4.22. The summed E-state index contributed by atoms with van der Waals surface area (Å²) in [5.41, 5.74) is 4.18. The lowest BCUT2D eigenvalue weighted by atomic mass is 9.99. The van der Waals surface area contributed by atoms with Crippen LogP contribution in [0.3, 0.4) is 0 Å². The maximum atomic E-state index is 12.2. The zero-order valence-electron chi connectivity index (χ0n) is 11.4. The monoisotopic (exact) mass is 292 g/mol. The highest BCUT2D eigenvalue weighted by molar-refractivity contribution is 6.31. The average molecular weight is 293 g/mol. The number of fused-ring (bicyclic) bond motifs is 2. The minimum Gasteiger partial charge on any atom is -0.496 e. The third-order valence-corrected chi connectivity index (χ3v) is 4.45. The third kappa shape index (κ3) is 2.52. The fourth-order valence-corrected chi connectivity index (χ4v) is 3.37. The minimum absolute atomic E-state index is 0.278. The number of hydrazone groups is 1. The summed E-state index contributed by atoms with van der Waals surface area (Å²) < 4.78 is 5.17. The first kappa shape index (κ1) is 13.4. The fraction of sp³-hybridized carbons (Fsp3) is 0.467. The molecule has 2 fully saturated rings. The van der Waals surface area contributed by atoms with Gasteiger partial charge in [0.15, 0.2) is 0 Å². The van der Waals surface area contributed by atoms with Gasteiger partial charge in [0.2, 0.25) is 0 Å². The van der Waals surface area contributed by atoms with Crippen molar-refractivity contribution in [2.75, 3.05) is 7.11 Å². The molecule has 0 aliphatic heterocycles. The number of methoxy groups -OCH3 is 1. The summed E-state index contributed by atoms with van der Waals surface area (Å²) in [5, 5.41) is 4.81. The highest BCUT2D eigenvalue weighted by atomic mass is 35.5. The summed E-state index contributed by atoms with van der Waals surface area (Å²) in [7, 11) is 1.53. The van der Waals surface area contributed by atoms with E-state index in [0.29, 0.717) is 22.3 Å². The van der Waals surface area contributed by atoms with E-state index in [1.807, 2.05) is 0 Å². The van der Waals surface area contributed by atoms with E-state index in [-0.39, 0.29) is 5.91 Å². The van der Waals surface area contributed by atoms with E-state index in [1.165, 1.54) is 26.4 Å². The molecule has 2 aliphatic carbocycles. The molecule has 2 unspecified atom stereocenters. The second-order valence-corrected chi connectivity index (χ2v) is 5.91. The predicted molar refractivity (Wildman–Crippen MR) is 78.4 cm³/mol. The number of halogens is 1. The highest BCUT2D eigenvalue weighted by Gasteiger charge is 2.36. The van der Waals surface area contributed by atoms with E-state index in [4.69, 9.17) is 16.3 Å². The van der Waals surface area contributed by atoms with Gasteiger partial charge in [0.1, 0.15) is 5.75 Å². The largest absolute Gasteiger partial charge is 0.496 e. The molecule has 1 amide bonds. The molecule has 4 nitrogen and oxygen atoms in total. The lowest BCUT2D eigenvalue weighted by Gasteiger charge is -2.12. The number of hydrogen-bond acceptors (Lipinski definition) is 3. The van der Waals surface area contributed by atoms with Crippen molar-refractivity contribution >= 4 is 23.2 Å². The zero-order chi connectivity index (χ0) is 14.1. The van der Waals surface area contributed by atoms with Gasteiger partial charge in [-0.05, 0) is 55.7 Å². The Morgan fingerprint density at radius 1 is 1.45 bits per heavy atom. The zero-order valence-corrected chi connectivity index (χ0v) is 12.1. The highest BCUT2D eigenvalue weighted by Crippen LogP contribution is 2.42. The topological polar surface area (TPSA) is 50.7 Å². The number of hydrogen-bond donors (Lipinski definition) is 1. The van der Waals surface area contributed by atoms with Gasteiger partial charge in [-0.25, -0.2) is 5.43 Å². The average Bonchev–Trinajstić information content (AvgIpc) is 3.07. The van der Waals surface area contributed by atoms with Gasteiger partial charge in [0.25, 0.3) is 5.91 Å². The Kier molecular flexibility index (Phi) is 3.66. The SMILES string of the molecule is COc1ccc(Cl)cc1C(=O)NN=C1CC2CCC1C2. The molecule has 2 saturated carbocycles. The molecule has 1 N–H and O–H groups in total. The first-order chi connectivity index (χ1) is 9.67. The molecule has 3 rings (SSSR count). The van der Waals surface area contributed by atoms with Gasteiger partial charge in [-0.3, -0.25) is 4.79 Å². The Hall–Kier alpha value is -1.55. The Balaban J connectivity index is 1.73. The van der Waals surface area contributed by atoms with Crippen LogP contribution in [-0.4, -0.2) is 18.7 Å². The minimum atomic E-state index is -0.278. The van der Waals surface area contributed by atoms with Crippen LogP contribution in [0.4, 0.5) is 0 Å². The van der Waals surface area contributed by atoms with Crippen LogP contribution in [0.2, 0.25) is 5.02 Å². The molecule has 0 aromatic heterocycles. The molecular formula is C15H17ClN2O2. The smallest absolute Gasteiger partial charge is 0.275 e. The number of amides is 1. The van der Waals surface area contributed by atoms with Crippen LogP contribution in [0.15, 0.2) is 23.3 Å². The molecule has 0 heterocycles. The lowest BCUT2D eigenvalue weighted by Crippen LogP contribution is -2.22. The van der Waals surface area contributed by atoms with E-state index >= 15 is 0 Å². The Labute approximate surface area is 123 Å². The second-order valence-electron chi connectivity index (χ2n) is 5.47. The van der Waals surface area contributed by atoms with E-state index in [9.17, 15) is 4.79 Å². The summed E-state index contributed by atoms with van der Waals surface area (Å²) in [4.78, 5) is 12.2. The number of nitrogens with zero attached hydrogens (tertiary/aromatic N) is 1. The van der Waals surface area contributed by atoms with Crippen molar-refractivity contribution in [1.82, 2.24) is 5.43 Å². The summed E-state index contributed by atoms with van der Waals surface area (Å²) in [6.45, 7) is 0. The maximum Gasteiger partial charge on any atom is 0.275 e. The van der Waals surface area contributed by atoms with Crippen molar-refractivity contribution in [2.24, 2.45) is 16.9 Å². The van der Waals surface area contributed by atoms with Gasteiger partial charge in [-0.15, -0.1) is 0 Å². The standard InChI is InChI=1S/C15H17ClN2O2/c1-20-14-5-4-11(16)8-12(14)15(19)18-17-13-7-9-2-3-10(13)6-9/h4-5,8-10H,2-3,6-7H2,1H3,(H,18,19). The van der Waals surface area contributed by atoms with E-state index in [0.717, 1.165) is 18.1 Å². The fourth-order valence-electron chi connectivity index (χ4n) is 3.20. The maximum absolute atomic E-state index is 12.2. The molecule has 2 aliphatic rings. The normalized spacial score (nSPS) is 26.0. The first-order valence-electron chi connectivity index (χ1n) is 6.87. The molecule has 0 spiro atoms. The van der Waals surface area contributed by atoms with E-state index in [2.05, 4.69) is 10.5 Å². The molecule has 2 atom stereocenters. The van der Waals surface area contributed by atoms with Gasteiger partial charge < -0.3 is 4.74 Å². The van der Waals surface area contributed by atoms with Crippen molar-refractivity contribution < 1.29 is 9.53 Å². The predicted octanol–water partition coefficient (Wildman–Crippen LogP) is 3.25. The summed E-state index contributed by atoms with van der Waals surface area (Å²) in [6, 6.07) is 4.97. The quantitative estimate of drug-likeness (QED) is 0.870. The number of nitrogens with one attached hydrogen (secondary N) is 1. The van der Waals surface area contributed by atoms with Crippen molar-refractivity contribution in [1.29, 1.82) is 0 Å². The van der Waals surface area contributed by atoms with Crippen molar-refractivity contribution in [3.8, 4) is 5.75 Å². The molecule has 106 valence electrons. The molecular weight excluding hydrogens is 276 g/mol. The van der Waals surface area contributed by atoms with Crippen LogP contribution >= 0.6 is 11.6 Å². The molecule has 1 aromatic carbocycles. The Morgan fingerprint density at radius 2 is 2.30 bits per heavy atom. The van der Waals surface area contributed by atoms with Gasteiger partial charge >= 0.3 is 0 Å².